The summed E-state index contributed by atoms with van der Waals surface area (Å²) in [4.78, 5) is 3.92. The Morgan fingerprint density at radius 3 is 2.94 bits per heavy atom. The predicted octanol–water partition coefficient (Wildman–Crippen LogP) is 2.32. The second-order valence-electron chi connectivity index (χ2n) is 5.22. The maximum Gasteiger partial charge on any atom is 0.0513 e. The minimum Gasteiger partial charge on any atom is -0.381 e. The van der Waals surface area contributed by atoms with Crippen LogP contribution < -0.4 is 5.73 Å². The number of ether oxygens (including phenoxy) is 1. The minimum atomic E-state index is 0.0508. The smallest absolute Gasteiger partial charge is 0.0513 e. The Bertz CT molecular complexity index is 349. The number of nitrogens with two attached hydrogens (primary N) is 1. The Balaban J connectivity index is 2.11. The van der Waals surface area contributed by atoms with Crippen LogP contribution >= 0.6 is 11.3 Å². The van der Waals surface area contributed by atoms with E-state index in [1.54, 1.807) is 0 Å². The van der Waals surface area contributed by atoms with Crippen molar-refractivity contribution in [1.29, 1.82) is 0 Å². The van der Waals surface area contributed by atoms with E-state index in [1.165, 1.54) is 4.88 Å². The van der Waals surface area contributed by atoms with Crippen molar-refractivity contribution in [3.8, 4) is 0 Å². The van der Waals surface area contributed by atoms with Crippen LogP contribution in [0.15, 0.2) is 17.5 Å². The summed E-state index contributed by atoms with van der Waals surface area (Å²) >= 11 is 1.82. The van der Waals surface area contributed by atoms with E-state index in [0.717, 1.165) is 32.7 Å². The molecule has 0 spiro atoms. The first-order valence-corrected chi connectivity index (χ1v) is 7.64. The first kappa shape index (κ1) is 14.0. The second-order valence-corrected chi connectivity index (χ2v) is 6.25. The Morgan fingerprint density at radius 2 is 2.44 bits per heavy atom. The van der Waals surface area contributed by atoms with Gasteiger partial charge >= 0.3 is 0 Å². The molecule has 4 heteroatoms. The van der Waals surface area contributed by atoms with E-state index in [0.29, 0.717) is 12.5 Å². The first-order valence-electron chi connectivity index (χ1n) is 6.76. The lowest BCUT2D eigenvalue weighted by Crippen LogP contribution is -2.56. The highest BCUT2D eigenvalue weighted by atomic mass is 32.1. The van der Waals surface area contributed by atoms with Crippen molar-refractivity contribution < 1.29 is 4.74 Å². The Labute approximate surface area is 114 Å². The number of rotatable bonds is 6. The molecular formula is C14H24N2OS. The third kappa shape index (κ3) is 2.77. The summed E-state index contributed by atoms with van der Waals surface area (Å²) in [5, 5.41) is 2.14. The van der Waals surface area contributed by atoms with E-state index in [4.69, 9.17) is 10.5 Å². The van der Waals surface area contributed by atoms with Gasteiger partial charge in [0.1, 0.15) is 0 Å². The summed E-state index contributed by atoms with van der Waals surface area (Å²) in [6, 6.07) is 4.32. The maximum atomic E-state index is 6.10. The van der Waals surface area contributed by atoms with Crippen molar-refractivity contribution in [3.63, 3.8) is 0 Å². The van der Waals surface area contributed by atoms with Gasteiger partial charge in [0.05, 0.1) is 6.61 Å². The second kappa shape index (κ2) is 6.15. The third-order valence-corrected chi connectivity index (χ3v) is 5.11. The lowest BCUT2D eigenvalue weighted by atomic mass is 9.83. The molecule has 1 aromatic rings. The molecule has 2 N–H and O–H groups in total. The molecule has 0 aromatic carbocycles. The largest absolute Gasteiger partial charge is 0.381 e. The summed E-state index contributed by atoms with van der Waals surface area (Å²) in [7, 11) is 0. The van der Waals surface area contributed by atoms with Crippen molar-refractivity contribution in [2.45, 2.75) is 32.4 Å². The fraction of sp³-hybridized carbons (Fsp3) is 0.714. The molecule has 1 aromatic heterocycles. The quantitative estimate of drug-likeness (QED) is 0.860. The van der Waals surface area contributed by atoms with Gasteiger partial charge in [-0.3, -0.25) is 4.90 Å². The summed E-state index contributed by atoms with van der Waals surface area (Å²) in [5.41, 5.74) is 6.15. The van der Waals surface area contributed by atoms with Gasteiger partial charge in [0.15, 0.2) is 0 Å². The zero-order valence-electron chi connectivity index (χ0n) is 11.4. The van der Waals surface area contributed by atoms with Crippen LogP contribution in [0, 0.1) is 5.92 Å². The Morgan fingerprint density at radius 1 is 1.61 bits per heavy atom. The Kier molecular flexibility index (Phi) is 4.78. The highest BCUT2D eigenvalue weighted by molar-refractivity contribution is 7.09. The predicted molar refractivity (Wildman–Crippen MR) is 76.8 cm³/mol. The zero-order chi connectivity index (χ0) is 13.0. The van der Waals surface area contributed by atoms with Crippen LogP contribution in [0.2, 0.25) is 0 Å². The lowest BCUT2D eigenvalue weighted by molar-refractivity contribution is 0.0436. The molecule has 2 atom stereocenters. The first-order chi connectivity index (χ1) is 8.70. The molecule has 0 amide bonds. The van der Waals surface area contributed by atoms with E-state index >= 15 is 0 Å². The molecule has 0 saturated carbocycles. The van der Waals surface area contributed by atoms with Crippen molar-refractivity contribution in [2.75, 3.05) is 26.3 Å². The molecule has 3 nitrogen and oxygen atoms in total. The standard InChI is InChI=1S/C14H24N2OS/c1-3-16(9-13-5-4-8-18-13)14(2,11-15)12-6-7-17-10-12/h4-5,8,12H,3,6-7,9-11,15H2,1-2H3. The number of hydrogen-bond donors (Lipinski definition) is 1. The summed E-state index contributed by atoms with van der Waals surface area (Å²) in [6.07, 6.45) is 1.13. The topological polar surface area (TPSA) is 38.5 Å². The average molecular weight is 268 g/mol. The molecule has 0 bridgehead atoms. The van der Waals surface area contributed by atoms with E-state index in [9.17, 15) is 0 Å². The van der Waals surface area contributed by atoms with Gasteiger partial charge in [-0.2, -0.15) is 0 Å². The normalized spacial score (nSPS) is 23.4. The van der Waals surface area contributed by atoms with Gasteiger partial charge in [0, 0.05) is 36.0 Å². The van der Waals surface area contributed by atoms with Crippen molar-refractivity contribution in [1.82, 2.24) is 4.90 Å². The fourth-order valence-electron chi connectivity index (χ4n) is 2.82. The highest BCUT2D eigenvalue weighted by Crippen LogP contribution is 2.32. The van der Waals surface area contributed by atoms with Gasteiger partial charge in [-0.25, -0.2) is 0 Å². The highest BCUT2D eigenvalue weighted by Gasteiger charge is 2.39. The minimum absolute atomic E-state index is 0.0508. The van der Waals surface area contributed by atoms with E-state index in [-0.39, 0.29) is 5.54 Å². The fourth-order valence-corrected chi connectivity index (χ4v) is 3.54. The molecule has 2 rings (SSSR count). The molecule has 1 fully saturated rings. The van der Waals surface area contributed by atoms with Crippen molar-refractivity contribution in [2.24, 2.45) is 11.7 Å². The molecule has 1 saturated heterocycles. The van der Waals surface area contributed by atoms with E-state index < -0.39 is 0 Å². The molecule has 0 radical (unpaired) electrons. The SMILES string of the molecule is CCN(Cc1cccs1)C(C)(CN)C1CCOC1. The Hall–Kier alpha value is -0.420. The van der Waals surface area contributed by atoms with Crippen LogP contribution in [0.4, 0.5) is 0 Å². The number of likely N-dealkylation sites (N-methyl/N-ethyl adjacent to an activating group) is 1. The number of nitrogens with zero attached hydrogens (tertiary/aromatic N) is 1. The maximum absolute atomic E-state index is 6.10. The van der Waals surface area contributed by atoms with Crippen LogP contribution in [0.3, 0.4) is 0 Å². The van der Waals surface area contributed by atoms with Gasteiger partial charge in [-0.15, -0.1) is 11.3 Å². The van der Waals surface area contributed by atoms with Crippen LogP contribution in [0.1, 0.15) is 25.1 Å². The van der Waals surface area contributed by atoms with Crippen molar-refractivity contribution in [3.05, 3.63) is 22.4 Å². The summed E-state index contributed by atoms with van der Waals surface area (Å²) in [5.74, 6) is 0.558. The molecule has 1 aliphatic rings. The summed E-state index contributed by atoms with van der Waals surface area (Å²) < 4.78 is 5.56. The molecule has 0 aliphatic carbocycles. The van der Waals surface area contributed by atoms with Gasteiger partial charge in [0.25, 0.3) is 0 Å². The zero-order valence-corrected chi connectivity index (χ0v) is 12.2. The van der Waals surface area contributed by atoms with Crippen LogP contribution in [0.5, 0.6) is 0 Å². The number of hydrogen-bond acceptors (Lipinski definition) is 4. The third-order valence-electron chi connectivity index (χ3n) is 4.25. The number of thiophene rings is 1. The molecule has 18 heavy (non-hydrogen) atoms. The molecular weight excluding hydrogens is 244 g/mol. The van der Waals surface area contributed by atoms with Crippen LogP contribution in [-0.2, 0) is 11.3 Å². The van der Waals surface area contributed by atoms with E-state index in [1.807, 2.05) is 11.3 Å². The molecule has 2 heterocycles. The van der Waals surface area contributed by atoms with Crippen molar-refractivity contribution >= 4 is 11.3 Å². The van der Waals surface area contributed by atoms with Gasteiger partial charge in [0.2, 0.25) is 0 Å². The van der Waals surface area contributed by atoms with Gasteiger partial charge < -0.3 is 10.5 Å². The molecule has 102 valence electrons. The average Bonchev–Trinajstić information content (AvgIpc) is 3.07. The lowest BCUT2D eigenvalue weighted by Gasteiger charge is -2.44. The van der Waals surface area contributed by atoms with Gasteiger partial charge in [-0.05, 0) is 31.3 Å². The van der Waals surface area contributed by atoms with Gasteiger partial charge in [-0.1, -0.05) is 13.0 Å². The molecule has 2 unspecified atom stereocenters. The van der Waals surface area contributed by atoms with Crippen LogP contribution in [-0.4, -0.2) is 36.7 Å². The molecule has 1 aliphatic heterocycles. The van der Waals surface area contributed by atoms with Crippen LogP contribution in [0.25, 0.3) is 0 Å². The monoisotopic (exact) mass is 268 g/mol. The summed E-state index contributed by atoms with van der Waals surface area (Å²) in [6.45, 7) is 8.98. The van der Waals surface area contributed by atoms with E-state index in [2.05, 4.69) is 36.3 Å².